The lowest BCUT2D eigenvalue weighted by molar-refractivity contribution is -0.113. The number of amides is 1. The molecule has 0 unspecified atom stereocenters. The Morgan fingerprint density at radius 1 is 1.33 bits per heavy atom. The molecule has 11 heteroatoms. The van der Waals surface area contributed by atoms with Gasteiger partial charge in [0, 0.05) is 11.1 Å². The molecule has 0 saturated carbocycles. The van der Waals surface area contributed by atoms with Gasteiger partial charge in [-0.3, -0.25) is 4.79 Å². The van der Waals surface area contributed by atoms with E-state index in [1.165, 1.54) is 27.8 Å². The number of nitrogens with two attached hydrogens (primary N) is 1. The van der Waals surface area contributed by atoms with Crippen LogP contribution in [-0.4, -0.2) is 41.3 Å². The molecular formula is C13H16N8OS2. The molecular weight excluding hydrogens is 348 g/mol. The lowest BCUT2D eigenvalue weighted by Gasteiger charge is -2.04. The van der Waals surface area contributed by atoms with Gasteiger partial charge in [-0.05, 0) is 26.8 Å². The van der Waals surface area contributed by atoms with E-state index in [0.717, 1.165) is 17.1 Å². The molecule has 0 atom stereocenters. The van der Waals surface area contributed by atoms with Crippen molar-refractivity contribution >= 4 is 34.1 Å². The maximum Gasteiger partial charge on any atom is 0.271 e. The van der Waals surface area contributed by atoms with Crippen molar-refractivity contribution in [2.45, 2.75) is 25.9 Å². The molecule has 0 spiro atoms. The van der Waals surface area contributed by atoms with E-state index in [4.69, 9.17) is 5.84 Å². The van der Waals surface area contributed by atoms with Crippen molar-refractivity contribution in [2.75, 3.05) is 16.9 Å². The first-order valence-electron chi connectivity index (χ1n) is 7.03. The molecule has 0 aliphatic rings. The van der Waals surface area contributed by atoms with Crippen molar-refractivity contribution in [1.29, 1.82) is 0 Å². The van der Waals surface area contributed by atoms with Crippen LogP contribution in [0.2, 0.25) is 0 Å². The average molecular weight is 364 g/mol. The maximum absolute atomic E-state index is 12.0. The number of carbonyl (C=O) groups excluding carboxylic acids is 1. The fraction of sp³-hybridized carbons (Fsp3) is 0.308. The lowest BCUT2D eigenvalue weighted by Crippen LogP contribution is -2.18. The first-order chi connectivity index (χ1) is 11.4. The van der Waals surface area contributed by atoms with E-state index in [0.29, 0.717) is 16.2 Å². The number of carbonyl (C=O) groups is 1. The molecule has 0 radical (unpaired) electrons. The van der Waals surface area contributed by atoms with Gasteiger partial charge in [-0.15, -0.1) is 21.5 Å². The minimum atomic E-state index is -0.176. The van der Waals surface area contributed by atoms with Crippen LogP contribution in [0, 0.1) is 20.8 Å². The van der Waals surface area contributed by atoms with E-state index in [1.807, 2.05) is 32.2 Å². The zero-order valence-electron chi connectivity index (χ0n) is 13.3. The number of anilines is 1. The second-order valence-corrected chi connectivity index (χ2v) is 6.92. The van der Waals surface area contributed by atoms with Gasteiger partial charge in [0.1, 0.15) is 0 Å². The van der Waals surface area contributed by atoms with E-state index >= 15 is 0 Å². The summed E-state index contributed by atoms with van der Waals surface area (Å²) in [6.07, 6.45) is 0. The second kappa shape index (κ2) is 6.61. The number of aryl methyl sites for hydroxylation is 3. The standard InChI is InChI=1S/C13H16N8OS2/c1-7-4-9(3)21(19-7)12-17-18-13(20(12)14)24-6-10(22)16-11-15-8(2)5-23-11/h4-5H,6,14H2,1-3H3,(H,15,16,22). The molecule has 0 bridgehead atoms. The third kappa shape index (κ3) is 3.41. The number of thioether (sulfide) groups is 1. The summed E-state index contributed by atoms with van der Waals surface area (Å²) in [6.45, 7) is 5.67. The van der Waals surface area contributed by atoms with Crippen LogP contribution >= 0.6 is 23.1 Å². The average Bonchev–Trinajstić information content (AvgIpc) is 3.17. The third-order valence-corrected chi connectivity index (χ3v) is 4.86. The van der Waals surface area contributed by atoms with Gasteiger partial charge in [-0.1, -0.05) is 11.8 Å². The number of nitrogens with one attached hydrogen (secondary N) is 1. The molecule has 0 fully saturated rings. The van der Waals surface area contributed by atoms with Crippen LogP contribution in [0.5, 0.6) is 0 Å². The number of rotatable bonds is 5. The van der Waals surface area contributed by atoms with E-state index in [9.17, 15) is 4.79 Å². The summed E-state index contributed by atoms with van der Waals surface area (Å²) < 4.78 is 2.94. The molecule has 1 amide bonds. The van der Waals surface area contributed by atoms with Crippen molar-refractivity contribution in [1.82, 2.24) is 29.6 Å². The number of thiazole rings is 1. The molecule has 0 aromatic carbocycles. The summed E-state index contributed by atoms with van der Waals surface area (Å²) in [4.78, 5) is 16.1. The second-order valence-electron chi connectivity index (χ2n) is 5.12. The van der Waals surface area contributed by atoms with Crippen molar-refractivity contribution < 1.29 is 4.79 Å². The number of nitrogens with zero attached hydrogens (tertiary/aromatic N) is 6. The molecule has 3 aromatic heterocycles. The van der Waals surface area contributed by atoms with Crippen LogP contribution < -0.4 is 11.2 Å². The highest BCUT2D eigenvalue weighted by Crippen LogP contribution is 2.19. The quantitative estimate of drug-likeness (QED) is 0.517. The van der Waals surface area contributed by atoms with Crippen molar-refractivity contribution in [2.24, 2.45) is 0 Å². The molecule has 0 aliphatic heterocycles. The van der Waals surface area contributed by atoms with E-state index in [-0.39, 0.29) is 11.7 Å². The minimum Gasteiger partial charge on any atom is -0.334 e. The van der Waals surface area contributed by atoms with Gasteiger partial charge >= 0.3 is 0 Å². The SMILES string of the molecule is Cc1csc(NC(=O)CSc2nnc(-n3nc(C)cc3C)n2N)n1. The molecule has 9 nitrogen and oxygen atoms in total. The third-order valence-electron chi connectivity index (χ3n) is 3.04. The number of hydrogen-bond acceptors (Lipinski definition) is 8. The molecule has 126 valence electrons. The Labute approximate surface area is 146 Å². The van der Waals surface area contributed by atoms with Crippen molar-refractivity contribution in [3.8, 4) is 5.95 Å². The van der Waals surface area contributed by atoms with Crippen LogP contribution in [0.25, 0.3) is 5.95 Å². The van der Waals surface area contributed by atoms with E-state index < -0.39 is 0 Å². The monoisotopic (exact) mass is 364 g/mol. The highest BCUT2D eigenvalue weighted by molar-refractivity contribution is 7.99. The van der Waals surface area contributed by atoms with E-state index in [2.05, 4.69) is 25.6 Å². The minimum absolute atomic E-state index is 0.158. The highest BCUT2D eigenvalue weighted by atomic mass is 32.2. The number of aromatic nitrogens is 6. The number of nitrogen functional groups attached to an aromatic ring is 1. The maximum atomic E-state index is 12.0. The van der Waals surface area contributed by atoms with Gasteiger partial charge in [0.25, 0.3) is 5.95 Å². The Balaban J connectivity index is 1.66. The van der Waals surface area contributed by atoms with Gasteiger partial charge < -0.3 is 11.2 Å². The zero-order chi connectivity index (χ0) is 17.3. The fourth-order valence-electron chi connectivity index (χ4n) is 2.04. The Morgan fingerprint density at radius 3 is 2.75 bits per heavy atom. The molecule has 0 saturated heterocycles. The van der Waals surface area contributed by atoms with Gasteiger partial charge in [-0.25, -0.2) is 14.3 Å². The Kier molecular flexibility index (Phi) is 4.53. The summed E-state index contributed by atoms with van der Waals surface area (Å²) >= 11 is 2.58. The first-order valence-corrected chi connectivity index (χ1v) is 8.89. The van der Waals surface area contributed by atoms with E-state index in [1.54, 1.807) is 4.68 Å². The van der Waals surface area contributed by atoms with Gasteiger partial charge in [0.05, 0.1) is 17.1 Å². The molecule has 3 rings (SSSR count). The Hall–Kier alpha value is -2.40. The summed E-state index contributed by atoms with van der Waals surface area (Å²) in [5.74, 6) is 6.41. The van der Waals surface area contributed by atoms with Gasteiger partial charge in [0.15, 0.2) is 5.13 Å². The molecule has 24 heavy (non-hydrogen) atoms. The predicted octanol–water partition coefficient (Wildman–Crippen LogP) is 1.29. The van der Waals surface area contributed by atoms with Crippen LogP contribution in [0.3, 0.4) is 0 Å². The lowest BCUT2D eigenvalue weighted by atomic mass is 10.4. The summed E-state index contributed by atoms with van der Waals surface area (Å²) in [5, 5.41) is 18.0. The Morgan fingerprint density at radius 2 is 2.12 bits per heavy atom. The predicted molar refractivity (Wildman–Crippen MR) is 93.0 cm³/mol. The molecule has 3 aromatic rings. The molecule has 3 heterocycles. The smallest absolute Gasteiger partial charge is 0.271 e. The van der Waals surface area contributed by atoms with Gasteiger partial charge in [0.2, 0.25) is 11.1 Å². The van der Waals surface area contributed by atoms with Crippen molar-refractivity contribution in [3.63, 3.8) is 0 Å². The highest BCUT2D eigenvalue weighted by Gasteiger charge is 2.16. The van der Waals surface area contributed by atoms with Crippen LogP contribution in [0.15, 0.2) is 16.6 Å². The van der Waals surface area contributed by atoms with Crippen LogP contribution in [0.1, 0.15) is 17.1 Å². The van der Waals surface area contributed by atoms with Crippen LogP contribution in [-0.2, 0) is 4.79 Å². The molecule has 3 N–H and O–H groups in total. The summed E-state index contributed by atoms with van der Waals surface area (Å²) in [6, 6.07) is 1.92. The summed E-state index contributed by atoms with van der Waals surface area (Å²) in [5.41, 5.74) is 2.64. The first kappa shape index (κ1) is 16.5. The largest absolute Gasteiger partial charge is 0.334 e. The normalized spacial score (nSPS) is 11.0. The van der Waals surface area contributed by atoms with Gasteiger partial charge in [-0.2, -0.15) is 5.10 Å². The zero-order valence-corrected chi connectivity index (χ0v) is 15.0. The summed E-state index contributed by atoms with van der Waals surface area (Å²) in [7, 11) is 0. The Bertz CT molecular complexity index is 881. The topological polar surface area (TPSA) is 117 Å². The van der Waals surface area contributed by atoms with Crippen LogP contribution in [0.4, 0.5) is 5.13 Å². The molecule has 0 aliphatic carbocycles. The fourth-order valence-corrected chi connectivity index (χ4v) is 3.40. The van der Waals surface area contributed by atoms with Crippen molar-refractivity contribution in [3.05, 3.63) is 28.5 Å². The number of hydrogen-bond donors (Lipinski definition) is 2.